The van der Waals surface area contributed by atoms with Crippen LogP contribution in [0.4, 0.5) is 0 Å². The molecule has 1 fully saturated rings. The number of hydrogen-bond acceptors (Lipinski definition) is 2. The quantitative estimate of drug-likeness (QED) is 0.734. The molecule has 1 aliphatic rings. The average molecular weight is 201 g/mol. The minimum Gasteiger partial charge on any atom is -0.317 e. The van der Waals surface area contributed by atoms with Crippen LogP contribution in [0.25, 0.3) is 0 Å². The average Bonchev–Trinajstić information content (AvgIpc) is 2.19. The van der Waals surface area contributed by atoms with Gasteiger partial charge in [0.1, 0.15) is 0 Å². The Morgan fingerprint density at radius 2 is 2.00 bits per heavy atom. The van der Waals surface area contributed by atoms with Gasteiger partial charge in [0.05, 0.1) is 0 Å². The second-order valence-corrected chi connectivity index (χ2v) is 5.52. The summed E-state index contributed by atoms with van der Waals surface area (Å²) in [6, 6.07) is 0.691. The Bertz CT molecular complexity index is 121. The molecule has 0 saturated heterocycles. The van der Waals surface area contributed by atoms with E-state index < -0.39 is 0 Å². The summed E-state index contributed by atoms with van der Waals surface area (Å²) in [5.41, 5.74) is 0. The summed E-state index contributed by atoms with van der Waals surface area (Å²) in [5.74, 6) is 1.34. The fourth-order valence-corrected chi connectivity index (χ4v) is 3.28. The van der Waals surface area contributed by atoms with Gasteiger partial charge in [-0.05, 0) is 39.0 Å². The molecule has 0 heterocycles. The van der Waals surface area contributed by atoms with Crippen molar-refractivity contribution in [3.8, 4) is 0 Å². The largest absolute Gasteiger partial charge is 0.317 e. The molecule has 0 amide bonds. The van der Waals surface area contributed by atoms with Crippen LogP contribution in [0.1, 0.15) is 45.4 Å². The maximum absolute atomic E-state index is 3.29. The monoisotopic (exact) mass is 201 g/mol. The molecule has 0 radical (unpaired) electrons. The van der Waals surface area contributed by atoms with Crippen molar-refractivity contribution in [1.29, 1.82) is 0 Å². The van der Waals surface area contributed by atoms with E-state index in [0.717, 1.165) is 5.25 Å². The number of hydrogen-bond donors (Lipinski definition) is 1. The van der Waals surface area contributed by atoms with Crippen LogP contribution in [0.15, 0.2) is 0 Å². The van der Waals surface area contributed by atoms with Crippen molar-refractivity contribution in [2.75, 3.05) is 12.8 Å². The fourth-order valence-electron chi connectivity index (χ4n) is 1.79. The van der Waals surface area contributed by atoms with E-state index in [-0.39, 0.29) is 0 Å². The van der Waals surface area contributed by atoms with E-state index in [1.165, 1.54) is 44.3 Å². The maximum Gasteiger partial charge on any atom is 0.00470 e. The summed E-state index contributed by atoms with van der Waals surface area (Å²) >= 11 is 2.20. The highest BCUT2D eigenvalue weighted by atomic mass is 32.2. The summed E-state index contributed by atoms with van der Waals surface area (Å²) in [7, 11) is 2.05. The summed E-state index contributed by atoms with van der Waals surface area (Å²) in [5, 5.41) is 4.27. The maximum atomic E-state index is 3.29. The number of thioether (sulfide) groups is 1. The van der Waals surface area contributed by atoms with Crippen molar-refractivity contribution in [2.45, 2.75) is 56.7 Å². The van der Waals surface area contributed by atoms with Gasteiger partial charge < -0.3 is 5.32 Å². The third kappa shape index (κ3) is 4.92. The van der Waals surface area contributed by atoms with Gasteiger partial charge in [-0.2, -0.15) is 11.8 Å². The van der Waals surface area contributed by atoms with Crippen LogP contribution in [0, 0.1) is 0 Å². The van der Waals surface area contributed by atoms with Gasteiger partial charge in [-0.1, -0.05) is 19.3 Å². The van der Waals surface area contributed by atoms with Crippen LogP contribution >= 0.6 is 11.8 Å². The predicted octanol–water partition coefficient (Wildman–Crippen LogP) is 3.05. The zero-order valence-corrected chi connectivity index (χ0v) is 9.83. The Hall–Kier alpha value is 0.310. The minimum absolute atomic E-state index is 0.691. The van der Waals surface area contributed by atoms with Crippen molar-refractivity contribution in [3.05, 3.63) is 0 Å². The standard InChI is InChI=1S/C11H23NS/c1-10(12-2)8-9-13-11-6-4-3-5-7-11/h10-12H,3-9H2,1-2H3. The van der Waals surface area contributed by atoms with Crippen molar-refractivity contribution in [3.63, 3.8) is 0 Å². The summed E-state index contributed by atoms with van der Waals surface area (Å²) in [6.45, 7) is 2.27. The normalized spacial score (nSPS) is 21.7. The molecule has 1 aliphatic carbocycles. The molecular formula is C11H23NS. The molecular weight excluding hydrogens is 178 g/mol. The Balaban J connectivity index is 1.98. The van der Waals surface area contributed by atoms with Crippen molar-refractivity contribution >= 4 is 11.8 Å². The SMILES string of the molecule is CNC(C)CCSC1CCCCC1. The van der Waals surface area contributed by atoms with Crippen LogP contribution < -0.4 is 5.32 Å². The van der Waals surface area contributed by atoms with Gasteiger partial charge in [-0.3, -0.25) is 0 Å². The van der Waals surface area contributed by atoms with E-state index in [2.05, 4.69) is 31.1 Å². The minimum atomic E-state index is 0.691. The molecule has 0 spiro atoms. The smallest absolute Gasteiger partial charge is 0.00470 e. The first-order chi connectivity index (χ1) is 6.33. The summed E-state index contributed by atoms with van der Waals surface area (Å²) in [4.78, 5) is 0. The molecule has 0 aromatic rings. The molecule has 1 N–H and O–H groups in total. The fraction of sp³-hybridized carbons (Fsp3) is 1.00. The van der Waals surface area contributed by atoms with Crippen molar-refractivity contribution in [1.82, 2.24) is 5.32 Å². The van der Waals surface area contributed by atoms with Crippen LogP contribution in [0.2, 0.25) is 0 Å². The Labute approximate surface area is 87.1 Å². The summed E-state index contributed by atoms with van der Waals surface area (Å²) in [6.07, 6.45) is 8.68. The van der Waals surface area contributed by atoms with Gasteiger partial charge in [-0.25, -0.2) is 0 Å². The first-order valence-electron chi connectivity index (χ1n) is 5.62. The summed E-state index contributed by atoms with van der Waals surface area (Å²) < 4.78 is 0. The Morgan fingerprint density at radius 3 is 2.62 bits per heavy atom. The zero-order chi connectivity index (χ0) is 9.52. The Morgan fingerprint density at radius 1 is 1.31 bits per heavy atom. The van der Waals surface area contributed by atoms with E-state index in [0.29, 0.717) is 6.04 Å². The van der Waals surface area contributed by atoms with Gasteiger partial charge in [0, 0.05) is 11.3 Å². The van der Waals surface area contributed by atoms with Gasteiger partial charge in [0.2, 0.25) is 0 Å². The first-order valence-corrected chi connectivity index (χ1v) is 6.66. The van der Waals surface area contributed by atoms with Gasteiger partial charge >= 0.3 is 0 Å². The molecule has 0 aliphatic heterocycles. The molecule has 1 unspecified atom stereocenters. The number of nitrogens with one attached hydrogen (secondary N) is 1. The molecule has 1 rings (SSSR count). The molecule has 0 bridgehead atoms. The lowest BCUT2D eigenvalue weighted by Crippen LogP contribution is -2.22. The second kappa shape index (κ2) is 6.72. The van der Waals surface area contributed by atoms with Crippen LogP contribution in [0.5, 0.6) is 0 Å². The van der Waals surface area contributed by atoms with Crippen molar-refractivity contribution < 1.29 is 0 Å². The second-order valence-electron chi connectivity index (χ2n) is 4.11. The number of rotatable bonds is 5. The molecule has 2 heteroatoms. The molecule has 1 atom stereocenters. The topological polar surface area (TPSA) is 12.0 Å². The first kappa shape index (κ1) is 11.4. The highest BCUT2D eigenvalue weighted by Gasteiger charge is 2.13. The third-order valence-corrected chi connectivity index (χ3v) is 4.36. The highest BCUT2D eigenvalue weighted by Crippen LogP contribution is 2.28. The lowest BCUT2D eigenvalue weighted by molar-refractivity contribution is 0.515. The predicted molar refractivity (Wildman–Crippen MR) is 62.5 cm³/mol. The van der Waals surface area contributed by atoms with E-state index in [1.54, 1.807) is 0 Å². The van der Waals surface area contributed by atoms with Crippen LogP contribution in [-0.4, -0.2) is 24.1 Å². The molecule has 1 nitrogen and oxygen atoms in total. The highest BCUT2D eigenvalue weighted by molar-refractivity contribution is 7.99. The van der Waals surface area contributed by atoms with Crippen LogP contribution in [-0.2, 0) is 0 Å². The lowest BCUT2D eigenvalue weighted by atomic mass is 10.0. The third-order valence-electron chi connectivity index (χ3n) is 2.95. The molecule has 13 heavy (non-hydrogen) atoms. The van der Waals surface area contributed by atoms with Gasteiger partial charge in [0.15, 0.2) is 0 Å². The van der Waals surface area contributed by atoms with Gasteiger partial charge in [0.25, 0.3) is 0 Å². The molecule has 0 aromatic heterocycles. The van der Waals surface area contributed by atoms with E-state index in [4.69, 9.17) is 0 Å². The molecule has 0 aromatic carbocycles. The van der Waals surface area contributed by atoms with Crippen LogP contribution in [0.3, 0.4) is 0 Å². The lowest BCUT2D eigenvalue weighted by Gasteiger charge is -2.21. The molecule has 78 valence electrons. The Kier molecular flexibility index (Phi) is 5.88. The molecule has 1 saturated carbocycles. The zero-order valence-electron chi connectivity index (χ0n) is 9.01. The van der Waals surface area contributed by atoms with E-state index in [9.17, 15) is 0 Å². The van der Waals surface area contributed by atoms with E-state index >= 15 is 0 Å². The van der Waals surface area contributed by atoms with Crippen molar-refractivity contribution in [2.24, 2.45) is 0 Å². The van der Waals surface area contributed by atoms with Gasteiger partial charge in [-0.15, -0.1) is 0 Å². The van der Waals surface area contributed by atoms with E-state index in [1.807, 2.05) is 0 Å².